The third-order valence-corrected chi connectivity index (χ3v) is 8.73. The Hall–Kier alpha value is -2.38. The van der Waals surface area contributed by atoms with Crippen LogP contribution in [0.2, 0.25) is 0 Å². The van der Waals surface area contributed by atoms with Crippen LogP contribution in [0.3, 0.4) is 0 Å². The number of fused-ring (bicyclic) bond motifs is 5. The molecule has 0 unspecified atom stereocenters. The summed E-state index contributed by atoms with van der Waals surface area (Å²) in [6, 6.07) is 14.1. The lowest BCUT2D eigenvalue weighted by Crippen LogP contribution is -1.98. The number of sulfone groups is 2. The predicted octanol–water partition coefficient (Wildman–Crippen LogP) is 4.52. The second-order valence-electron chi connectivity index (χ2n) is 8.50. The number of nitrogens with one attached hydrogen (secondary N) is 1. The van der Waals surface area contributed by atoms with Gasteiger partial charge in [-0.05, 0) is 77.6 Å². The van der Waals surface area contributed by atoms with Gasteiger partial charge in [-0.2, -0.15) is 0 Å². The standard InChI is InChI=1S/C23H23NO4S2/c1-29(25,26)18-9-5-14(6-10-18)22-20-16-3-4-17(13-16)21(20)23(24-22)15-7-11-19(12-8-15)30(2,27)28/h5-12,16-17,24H,3-4,13H2,1-2H3/t16-,17+. The second kappa shape index (κ2) is 6.56. The molecule has 0 aliphatic heterocycles. The van der Waals surface area contributed by atoms with E-state index >= 15 is 0 Å². The maximum Gasteiger partial charge on any atom is 0.175 e. The maximum atomic E-state index is 11.8. The van der Waals surface area contributed by atoms with Gasteiger partial charge in [-0.15, -0.1) is 0 Å². The Labute approximate surface area is 177 Å². The minimum absolute atomic E-state index is 0.313. The van der Waals surface area contributed by atoms with Crippen LogP contribution in [0.1, 0.15) is 42.2 Å². The number of benzene rings is 2. The highest BCUT2D eigenvalue weighted by Gasteiger charge is 2.42. The zero-order valence-corrected chi connectivity index (χ0v) is 18.5. The summed E-state index contributed by atoms with van der Waals surface area (Å²) in [6.07, 6.45) is 5.94. The summed E-state index contributed by atoms with van der Waals surface area (Å²) in [5.74, 6) is 1.05. The van der Waals surface area contributed by atoms with Crippen molar-refractivity contribution in [2.45, 2.75) is 40.9 Å². The van der Waals surface area contributed by atoms with E-state index in [9.17, 15) is 16.8 Å². The SMILES string of the molecule is CS(=O)(=O)c1ccc(-c2[nH]c(-c3ccc(S(C)(=O)=O)cc3)c3c2[C@@H]2CC[C@H]3C2)cc1. The van der Waals surface area contributed by atoms with Crippen molar-refractivity contribution in [3.63, 3.8) is 0 Å². The number of hydrogen-bond donors (Lipinski definition) is 1. The van der Waals surface area contributed by atoms with Crippen molar-refractivity contribution < 1.29 is 16.8 Å². The molecule has 1 aromatic heterocycles. The van der Waals surface area contributed by atoms with Crippen molar-refractivity contribution in [1.82, 2.24) is 4.98 Å². The molecule has 5 nitrogen and oxygen atoms in total. The van der Waals surface area contributed by atoms with E-state index < -0.39 is 19.7 Å². The largest absolute Gasteiger partial charge is 0.354 e. The van der Waals surface area contributed by atoms with Crippen molar-refractivity contribution in [2.24, 2.45) is 0 Å². The zero-order chi connectivity index (χ0) is 21.3. The predicted molar refractivity (Wildman–Crippen MR) is 117 cm³/mol. The molecule has 0 saturated heterocycles. The van der Waals surface area contributed by atoms with Gasteiger partial charge in [0.2, 0.25) is 0 Å². The first-order valence-corrected chi connectivity index (χ1v) is 13.8. The zero-order valence-electron chi connectivity index (χ0n) is 16.8. The minimum atomic E-state index is -3.23. The summed E-state index contributed by atoms with van der Waals surface area (Å²) < 4.78 is 47.2. The highest BCUT2D eigenvalue weighted by molar-refractivity contribution is 7.91. The van der Waals surface area contributed by atoms with Gasteiger partial charge < -0.3 is 4.98 Å². The lowest BCUT2D eigenvalue weighted by molar-refractivity contribution is 0.600. The van der Waals surface area contributed by atoms with Gasteiger partial charge in [0.1, 0.15) is 0 Å². The quantitative estimate of drug-likeness (QED) is 0.645. The van der Waals surface area contributed by atoms with Gasteiger partial charge in [0.25, 0.3) is 0 Å². The summed E-state index contributed by atoms with van der Waals surface area (Å²) in [7, 11) is -6.47. The number of H-pyrrole nitrogens is 1. The fraction of sp³-hybridized carbons (Fsp3) is 0.304. The van der Waals surface area contributed by atoms with E-state index in [1.165, 1.54) is 36.5 Å². The van der Waals surface area contributed by atoms with E-state index in [1.807, 2.05) is 24.3 Å². The number of aromatic nitrogens is 1. The monoisotopic (exact) mass is 441 g/mol. The Morgan fingerprint density at radius 2 is 1.03 bits per heavy atom. The van der Waals surface area contributed by atoms with E-state index in [0.717, 1.165) is 28.9 Å². The Bertz CT molecular complexity index is 1250. The van der Waals surface area contributed by atoms with Crippen LogP contribution in [0.4, 0.5) is 0 Å². The van der Waals surface area contributed by atoms with Gasteiger partial charge in [0.15, 0.2) is 19.7 Å². The summed E-state index contributed by atoms with van der Waals surface area (Å²) in [4.78, 5) is 4.23. The van der Waals surface area contributed by atoms with Crippen LogP contribution in [0.5, 0.6) is 0 Å². The lowest BCUT2D eigenvalue weighted by atomic mass is 9.89. The number of hydrogen-bond acceptors (Lipinski definition) is 4. The molecule has 7 heteroatoms. The Morgan fingerprint density at radius 1 is 0.667 bits per heavy atom. The van der Waals surface area contributed by atoms with E-state index in [0.29, 0.717) is 21.6 Å². The van der Waals surface area contributed by atoms with Crippen molar-refractivity contribution in [1.29, 1.82) is 0 Å². The molecule has 1 N–H and O–H groups in total. The van der Waals surface area contributed by atoms with E-state index in [-0.39, 0.29) is 0 Å². The molecule has 0 spiro atoms. The average Bonchev–Trinajstić information content (AvgIpc) is 3.40. The fourth-order valence-corrected chi connectivity index (χ4v) is 6.34. The molecule has 0 radical (unpaired) electrons. The third-order valence-electron chi connectivity index (χ3n) is 6.47. The molecular weight excluding hydrogens is 418 g/mol. The molecule has 5 rings (SSSR count). The molecule has 2 atom stereocenters. The molecule has 2 aromatic carbocycles. The van der Waals surface area contributed by atoms with Gasteiger partial charge in [-0.3, -0.25) is 0 Å². The van der Waals surface area contributed by atoms with Crippen molar-refractivity contribution in [3.05, 3.63) is 59.7 Å². The van der Waals surface area contributed by atoms with E-state index in [4.69, 9.17) is 0 Å². The van der Waals surface area contributed by atoms with Crippen LogP contribution in [-0.2, 0) is 19.7 Å². The first kappa shape index (κ1) is 19.6. The molecule has 1 fully saturated rings. The topological polar surface area (TPSA) is 84.1 Å². The minimum Gasteiger partial charge on any atom is -0.354 e. The van der Waals surface area contributed by atoms with Gasteiger partial charge in [0, 0.05) is 23.9 Å². The first-order valence-electron chi connectivity index (χ1n) is 9.99. The Kier molecular flexibility index (Phi) is 4.28. The van der Waals surface area contributed by atoms with Crippen LogP contribution in [0.25, 0.3) is 22.5 Å². The molecule has 156 valence electrons. The number of aromatic amines is 1. The molecule has 3 aromatic rings. The smallest absolute Gasteiger partial charge is 0.175 e. The Balaban J connectivity index is 1.64. The normalized spacial score (nSPS) is 20.5. The van der Waals surface area contributed by atoms with Crippen LogP contribution >= 0.6 is 0 Å². The van der Waals surface area contributed by atoms with E-state index in [2.05, 4.69) is 4.98 Å². The van der Waals surface area contributed by atoms with Crippen LogP contribution in [0, 0.1) is 0 Å². The maximum absolute atomic E-state index is 11.8. The van der Waals surface area contributed by atoms with Crippen LogP contribution < -0.4 is 0 Å². The number of rotatable bonds is 4. The molecule has 30 heavy (non-hydrogen) atoms. The summed E-state index contributed by atoms with van der Waals surface area (Å²) in [5, 5.41) is 0. The first-order chi connectivity index (χ1) is 14.1. The van der Waals surface area contributed by atoms with Crippen LogP contribution in [-0.4, -0.2) is 34.3 Å². The van der Waals surface area contributed by atoms with Crippen molar-refractivity contribution in [3.8, 4) is 22.5 Å². The van der Waals surface area contributed by atoms with Crippen LogP contribution in [0.15, 0.2) is 58.3 Å². The Morgan fingerprint density at radius 3 is 1.37 bits per heavy atom. The van der Waals surface area contributed by atoms with Gasteiger partial charge in [0.05, 0.1) is 9.79 Å². The van der Waals surface area contributed by atoms with Gasteiger partial charge >= 0.3 is 0 Å². The highest BCUT2D eigenvalue weighted by Crippen LogP contribution is 2.58. The average molecular weight is 442 g/mol. The van der Waals surface area contributed by atoms with Crippen molar-refractivity contribution in [2.75, 3.05) is 12.5 Å². The summed E-state index contributed by atoms with van der Waals surface area (Å²) in [6.45, 7) is 0. The molecular formula is C23H23NO4S2. The second-order valence-corrected chi connectivity index (χ2v) is 12.5. The molecule has 0 amide bonds. The fourth-order valence-electron chi connectivity index (χ4n) is 5.08. The molecule has 1 saturated carbocycles. The highest BCUT2D eigenvalue weighted by atomic mass is 32.2. The summed E-state index contributed by atoms with van der Waals surface area (Å²) >= 11 is 0. The van der Waals surface area contributed by atoms with E-state index in [1.54, 1.807) is 24.3 Å². The molecule has 2 bridgehead atoms. The van der Waals surface area contributed by atoms with Gasteiger partial charge in [-0.1, -0.05) is 24.3 Å². The molecule has 1 heterocycles. The molecule has 2 aliphatic rings. The lowest BCUT2D eigenvalue weighted by Gasteiger charge is -2.14. The third kappa shape index (κ3) is 3.11. The summed E-state index contributed by atoms with van der Waals surface area (Å²) in [5.41, 5.74) is 6.76. The van der Waals surface area contributed by atoms with Crippen molar-refractivity contribution >= 4 is 19.7 Å². The van der Waals surface area contributed by atoms with Gasteiger partial charge in [-0.25, -0.2) is 16.8 Å². The molecule has 2 aliphatic carbocycles.